The number of aliphatic hydroxyl groups excluding tert-OH is 1. The summed E-state index contributed by atoms with van der Waals surface area (Å²) in [6.45, 7) is 2.57. The van der Waals surface area contributed by atoms with Crippen molar-refractivity contribution in [1.82, 2.24) is 10.3 Å². The molecule has 0 spiro atoms. The summed E-state index contributed by atoms with van der Waals surface area (Å²) in [7, 11) is 0. The van der Waals surface area contributed by atoms with Gasteiger partial charge in [0.25, 0.3) is 5.91 Å². The topological polar surface area (TPSA) is 65.1 Å². The minimum Gasteiger partial charge on any atom is -0.392 e. The van der Waals surface area contributed by atoms with Crippen LogP contribution in [-0.2, 0) is 0 Å². The maximum Gasteiger partial charge on any atom is 0.267 e. The first kappa shape index (κ1) is 14.1. The van der Waals surface area contributed by atoms with Gasteiger partial charge in [0.15, 0.2) is 0 Å². The molecule has 1 heterocycles. The fourth-order valence-corrected chi connectivity index (χ4v) is 3.16. The number of para-hydroxylation sites is 1. The number of aromatic nitrogens is 1. The Kier molecular flexibility index (Phi) is 3.72. The van der Waals surface area contributed by atoms with Crippen LogP contribution in [0, 0.1) is 5.41 Å². The van der Waals surface area contributed by atoms with Crippen molar-refractivity contribution in [2.45, 2.75) is 38.7 Å². The maximum absolute atomic E-state index is 12.3. The van der Waals surface area contributed by atoms with Gasteiger partial charge >= 0.3 is 0 Å². The number of nitrogens with one attached hydrogen (secondary N) is 2. The zero-order valence-electron chi connectivity index (χ0n) is 12.4. The number of amides is 1. The van der Waals surface area contributed by atoms with Crippen LogP contribution in [0.2, 0.25) is 0 Å². The lowest BCUT2D eigenvalue weighted by Crippen LogP contribution is -2.45. The Morgan fingerprint density at radius 1 is 1.43 bits per heavy atom. The van der Waals surface area contributed by atoms with Gasteiger partial charge in [0.1, 0.15) is 5.69 Å². The number of fused-ring (bicyclic) bond motifs is 1. The van der Waals surface area contributed by atoms with E-state index in [1.54, 1.807) is 0 Å². The summed E-state index contributed by atoms with van der Waals surface area (Å²) in [5.41, 5.74) is 1.33. The van der Waals surface area contributed by atoms with E-state index in [9.17, 15) is 9.90 Å². The van der Waals surface area contributed by atoms with Gasteiger partial charge in [0.05, 0.1) is 6.10 Å². The monoisotopic (exact) mass is 286 g/mol. The Labute approximate surface area is 124 Å². The molecule has 3 N–H and O–H groups in total. The van der Waals surface area contributed by atoms with Crippen LogP contribution in [-0.4, -0.2) is 28.6 Å². The van der Waals surface area contributed by atoms with Crippen LogP contribution in [0.1, 0.15) is 43.1 Å². The van der Waals surface area contributed by atoms with Crippen molar-refractivity contribution < 1.29 is 9.90 Å². The zero-order chi connectivity index (χ0) is 14.9. The number of benzene rings is 1. The van der Waals surface area contributed by atoms with Crippen LogP contribution in [0.15, 0.2) is 30.3 Å². The summed E-state index contributed by atoms with van der Waals surface area (Å²) in [5.74, 6) is -0.106. The fourth-order valence-electron chi connectivity index (χ4n) is 3.16. The van der Waals surface area contributed by atoms with Crippen LogP contribution in [0.5, 0.6) is 0 Å². The molecule has 0 radical (unpaired) electrons. The molecule has 2 unspecified atom stereocenters. The molecule has 2 aromatic rings. The van der Waals surface area contributed by atoms with Crippen LogP contribution in [0.25, 0.3) is 10.9 Å². The van der Waals surface area contributed by atoms with Gasteiger partial charge < -0.3 is 15.4 Å². The van der Waals surface area contributed by atoms with Crippen molar-refractivity contribution in [2.24, 2.45) is 5.41 Å². The lowest BCUT2D eigenvalue weighted by Gasteiger charge is -2.38. The average molecular weight is 286 g/mol. The van der Waals surface area contributed by atoms with E-state index in [2.05, 4.69) is 17.2 Å². The van der Waals surface area contributed by atoms with Crippen molar-refractivity contribution in [3.8, 4) is 0 Å². The van der Waals surface area contributed by atoms with Crippen molar-refractivity contribution in [3.05, 3.63) is 36.0 Å². The minimum atomic E-state index is -0.325. The number of carbonyl (C=O) groups is 1. The first-order valence-electron chi connectivity index (χ1n) is 7.62. The van der Waals surface area contributed by atoms with Crippen LogP contribution >= 0.6 is 0 Å². The fraction of sp³-hybridized carbons (Fsp3) is 0.471. The molecule has 0 bridgehead atoms. The van der Waals surface area contributed by atoms with E-state index in [1.165, 1.54) is 0 Å². The molecule has 2 atom stereocenters. The van der Waals surface area contributed by atoms with Gasteiger partial charge in [0, 0.05) is 22.9 Å². The molecular formula is C17H22N2O2. The lowest BCUT2D eigenvalue weighted by molar-refractivity contribution is 0.00188. The molecule has 1 saturated carbocycles. The molecule has 112 valence electrons. The van der Waals surface area contributed by atoms with Gasteiger partial charge in [-0.25, -0.2) is 0 Å². The second kappa shape index (κ2) is 5.53. The third-order valence-electron chi connectivity index (χ3n) is 4.71. The highest BCUT2D eigenvalue weighted by Crippen LogP contribution is 2.35. The number of carbonyl (C=O) groups excluding carboxylic acids is 1. The first-order valence-corrected chi connectivity index (χ1v) is 7.62. The largest absolute Gasteiger partial charge is 0.392 e. The molecule has 1 aliphatic rings. The third kappa shape index (κ3) is 2.81. The van der Waals surface area contributed by atoms with Crippen LogP contribution in [0.3, 0.4) is 0 Å². The average Bonchev–Trinajstić information content (AvgIpc) is 2.92. The molecule has 0 saturated heterocycles. The predicted octanol–water partition coefficient (Wildman–Crippen LogP) is 2.84. The van der Waals surface area contributed by atoms with E-state index < -0.39 is 0 Å². The maximum atomic E-state index is 12.3. The molecule has 1 fully saturated rings. The van der Waals surface area contributed by atoms with Gasteiger partial charge in [-0.05, 0) is 25.0 Å². The summed E-state index contributed by atoms with van der Waals surface area (Å²) in [6.07, 6.45) is 3.66. The third-order valence-corrected chi connectivity index (χ3v) is 4.71. The van der Waals surface area contributed by atoms with Gasteiger partial charge in [-0.15, -0.1) is 0 Å². The Morgan fingerprint density at radius 2 is 2.24 bits per heavy atom. The summed E-state index contributed by atoms with van der Waals surface area (Å²) in [6, 6.07) is 9.70. The van der Waals surface area contributed by atoms with Gasteiger partial charge in [-0.2, -0.15) is 0 Å². The smallest absolute Gasteiger partial charge is 0.267 e. The first-order chi connectivity index (χ1) is 10.1. The Bertz CT molecular complexity index is 616. The standard InChI is InChI=1S/C17H22N2O2/c1-17(9-5-4-8-15(17)20)11-18-16(21)14-10-12-6-2-3-7-13(12)19-14/h2-3,6-7,10,15,19-20H,4-5,8-9,11H2,1H3,(H,18,21). The summed E-state index contributed by atoms with van der Waals surface area (Å²) in [4.78, 5) is 15.4. The number of rotatable bonds is 3. The minimum absolute atomic E-state index is 0.106. The molecule has 3 rings (SSSR count). The Balaban J connectivity index is 1.68. The quantitative estimate of drug-likeness (QED) is 0.812. The van der Waals surface area contributed by atoms with Gasteiger partial charge in [0.2, 0.25) is 0 Å². The predicted molar refractivity (Wildman–Crippen MR) is 83.2 cm³/mol. The molecule has 21 heavy (non-hydrogen) atoms. The van der Waals surface area contributed by atoms with Crippen molar-refractivity contribution in [3.63, 3.8) is 0 Å². The molecule has 1 aromatic carbocycles. The van der Waals surface area contributed by atoms with Crippen molar-refractivity contribution >= 4 is 16.8 Å². The molecule has 1 amide bonds. The molecule has 0 aliphatic heterocycles. The van der Waals surface area contributed by atoms with E-state index in [1.807, 2.05) is 30.3 Å². The van der Waals surface area contributed by atoms with Gasteiger partial charge in [-0.3, -0.25) is 4.79 Å². The summed E-state index contributed by atoms with van der Waals surface area (Å²) >= 11 is 0. The van der Waals surface area contributed by atoms with Crippen LogP contribution < -0.4 is 5.32 Å². The highest BCUT2D eigenvalue weighted by molar-refractivity contribution is 5.97. The van der Waals surface area contributed by atoms with E-state index >= 15 is 0 Å². The van der Waals surface area contributed by atoms with Crippen molar-refractivity contribution in [1.29, 1.82) is 0 Å². The summed E-state index contributed by atoms with van der Waals surface area (Å²) in [5, 5.41) is 14.2. The molecule has 4 nitrogen and oxygen atoms in total. The second-order valence-electron chi connectivity index (χ2n) is 6.37. The highest BCUT2D eigenvalue weighted by atomic mass is 16.3. The lowest BCUT2D eigenvalue weighted by atomic mass is 9.73. The Morgan fingerprint density at radius 3 is 3.00 bits per heavy atom. The zero-order valence-corrected chi connectivity index (χ0v) is 12.4. The van der Waals surface area contributed by atoms with E-state index in [0.717, 1.165) is 36.6 Å². The number of aliphatic hydroxyl groups is 1. The number of aromatic amines is 1. The van der Waals surface area contributed by atoms with Crippen LogP contribution in [0.4, 0.5) is 0 Å². The molecule has 1 aromatic heterocycles. The highest BCUT2D eigenvalue weighted by Gasteiger charge is 2.35. The van der Waals surface area contributed by atoms with E-state index in [-0.39, 0.29) is 17.4 Å². The number of hydrogen-bond donors (Lipinski definition) is 3. The van der Waals surface area contributed by atoms with E-state index in [4.69, 9.17) is 0 Å². The Hall–Kier alpha value is -1.81. The number of hydrogen-bond acceptors (Lipinski definition) is 2. The molecule has 1 aliphatic carbocycles. The molecule has 4 heteroatoms. The SMILES string of the molecule is CC1(CNC(=O)c2cc3ccccc3[nH]2)CCCCC1O. The van der Waals surface area contributed by atoms with Crippen molar-refractivity contribution in [2.75, 3.05) is 6.54 Å². The number of H-pyrrole nitrogens is 1. The van der Waals surface area contributed by atoms with Gasteiger partial charge in [-0.1, -0.05) is 38.0 Å². The summed E-state index contributed by atoms with van der Waals surface area (Å²) < 4.78 is 0. The second-order valence-corrected chi connectivity index (χ2v) is 6.37. The molecular weight excluding hydrogens is 264 g/mol. The normalized spacial score (nSPS) is 25.9. The van der Waals surface area contributed by atoms with E-state index in [0.29, 0.717) is 12.2 Å².